The number of piperidine rings is 1. The van der Waals surface area contributed by atoms with Crippen molar-refractivity contribution in [2.75, 3.05) is 6.54 Å². The fraction of sp³-hybridized carbons (Fsp3) is 0.909. The minimum absolute atomic E-state index is 0.124. The summed E-state index contributed by atoms with van der Waals surface area (Å²) in [7, 11) is 0. The van der Waals surface area contributed by atoms with Crippen LogP contribution in [0.1, 0.15) is 39.5 Å². The Bertz CT molecular complexity index is 215. The van der Waals surface area contributed by atoms with Crippen LogP contribution >= 0.6 is 0 Å². The topological polar surface area (TPSA) is 32.3 Å². The molecule has 2 fully saturated rings. The van der Waals surface area contributed by atoms with Gasteiger partial charge in [0.25, 0.3) is 0 Å². The monoisotopic (exact) mass is 196 g/mol. The van der Waals surface area contributed by atoms with Crippen molar-refractivity contribution in [3.63, 3.8) is 0 Å². The second kappa shape index (κ2) is 3.89. The Hall–Kier alpha value is -0.570. The highest BCUT2D eigenvalue weighted by atomic mass is 16.1. The molecular weight excluding hydrogens is 176 g/mol. The standard InChI is InChI=1S/C11H20N2O/c1-3-13-10-4-5-11(13)7-9(6-10)12-8(2)14/h9-11H,3-7H2,1-2H3,(H,12,14). The molecule has 1 N–H and O–H groups in total. The van der Waals surface area contributed by atoms with E-state index in [-0.39, 0.29) is 5.91 Å². The smallest absolute Gasteiger partial charge is 0.217 e. The quantitative estimate of drug-likeness (QED) is 0.718. The van der Waals surface area contributed by atoms with Crippen molar-refractivity contribution in [1.82, 2.24) is 10.2 Å². The van der Waals surface area contributed by atoms with Crippen LogP contribution in [0.2, 0.25) is 0 Å². The molecule has 3 nitrogen and oxygen atoms in total. The summed E-state index contributed by atoms with van der Waals surface area (Å²) in [5.41, 5.74) is 0. The van der Waals surface area contributed by atoms with Gasteiger partial charge in [0.15, 0.2) is 0 Å². The van der Waals surface area contributed by atoms with Gasteiger partial charge in [-0.15, -0.1) is 0 Å². The Morgan fingerprint density at radius 2 is 1.93 bits per heavy atom. The number of nitrogens with zero attached hydrogens (tertiary/aromatic N) is 1. The number of hydrogen-bond donors (Lipinski definition) is 1. The summed E-state index contributed by atoms with van der Waals surface area (Å²) in [5, 5.41) is 3.06. The summed E-state index contributed by atoms with van der Waals surface area (Å²) in [6.45, 7) is 5.03. The molecule has 1 amide bonds. The van der Waals surface area contributed by atoms with Gasteiger partial charge in [-0.2, -0.15) is 0 Å². The van der Waals surface area contributed by atoms with Crippen LogP contribution in [0.15, 0.2) is 0 Å². The summed E-state index contributed by atoms with van der Waals surface area (Å²) in [4.78, 5) is 13.6. The molecule has 2 bridgehead atoms. The van der Waals surface area contributed by atoms with E-state index in [1.165, 1.54) is 19.4 Å². The zero-order chi connectivity index (χ0) is 10.1. The summed E-state index contributed by atoms with van der Waals surface area (Å²) >= 11 is 0. The SMILES string of the molecule is CCN1C2CCC1CC(NC(C)=O)C2. The number of carbonyl (C=O) groups is 1. The third kappa shape index (κ3) is 1.78. The van der Waals surface area contributed by atoms with Crippen LogP contribution in [0.3, 0.4) is 0 Å². The normalized spacial score (nSPS) is 37.1. The van der Waals surface area contributed by atoms with Crippen LogP contribution < -0.4 is 5.32 Å². The van der Waals surface area contributed by atoms with Gasteiger partial charge in [0.05, 0.1) is 0 Å². The Kier molecular flexibility index (Phi) is 2.77. The Labute approximate surface area is 85.8 Å². The van der Waals surface area contributed by atoms with Crippen LogP contribution in [-0.2, 0) is 4.79 Å². The predicted octanol–water partition coefficient (Wildman–Crippen LogP) is 1.14. The molecule has 2 rings (SSSR count). The van der Waals surface area contributed by atoms with Crippen LogP contribution in [0.25, 0.3) is 0 Å². The van der Waals surface area contributed by atoms with Gasteiger partial charge in [0.1, 0.15) is 0 Å². The number of rotatable bonds is 2. The van der Waals surface area contributed by atoms with Crippen molar-refractivity contribution in [2.45, 2.75) is 57.7 Å². The van der Waals surface area contributed by atoms with E-state index in [4.69, 9.17) is 0 Å². The van der Waals surface area contributed by atoms with Crippen LogP contribution in [0.4, 0.5) is 0 Å². The molecule has 2 atom stereocenters. The first-order chi connectivity index (χ1) is 6.70. The van der Waals surface area contributed by atoms with Gasteiger partial charge in [0.2, 0.25) is 5.91 Å². The second-order valence-electron chi connectivity index (χ2n) is 4.58. The molecule has 0 aromatic carbocycles. The average Bonchev–Trinajstić information content (AvgIpc) is 2.36. The maximum Gasteiger partial charge on any atom is 0.217 e. The zero-order valence-corrected chi connectivity index (χ0v) is 9.12. The summed E-state index contributed by atoms with van der Waals surface area (Å²) in [6.07, 6.45) is 4.97. The minimum atomic E-state index is 0.124. The number of amides is 1. The molecular formula is C11H20N2O. The highest BCUT2D eigenvalue weighted by Crippen LogP contribution is 2.35. The van der Waals surface area contributed by atoms with E-state index in [0.717, 1.165) is 24.9 Å². The highest BCUT2D eigenvalue weighted by molar-refractivity contribution is 5.73. The van der Waals surface area contributed by atoms with Crippen molar-refractivity contribution in [1.29, 1.82) is 0 Å². The molecule has 0 aliphatic carbocycles. The third-order valence-electron chi connectivity index (χ3n) is 3.66. The van der Waals surface area contributed by atoms with Gasteiger partial charge < -0.3 is 5.32 Å². The lowest BCUT2D eigenvalue weighted by atomic mass is 9.97. The van der Waals surface area contributed by atoms with Crippen molar-refractivity contribution in [3.05, 3.63) is 0 Å². The fourth-order valence-corrected chi connectivity index (χ4v) is 3.20. The molecule has 2 heterocycles. The number of hydrogen-bond acceptors (Lipinski definition) is 2. The second-order valence-corrected chi connectivity index (χ2v) is 4.58. The van der Waals surface area contributed by atoms with Gasteiger partial charge in [-0.3, -0.25) is 9.69 Å². The first-order valence-electron chi connectivity index (χ1n) is 5.73. The van der Waals surface area contributed by atoms with Gasteiger partial charge in [-0.05, 0) is 32.2 Å². The molecule has 0 aromatic heterocycles. The number of carbonyl (C=O) groups excluding carboxylic acids is 1. The molecule has 2 saturated heterocycles. The molecule has 80 valence electrons. The molecule has 2 unspecified atom stereocenters. The molecule has 2 aliphatic rings. The van der Waals surface area contributed by atoms with E-state index < -0.39 is 0 Å². The summed E-state index contributed by atoms with van der Waals surface area (Å²) in [5.74, 6) is 0.124. The zero-order valence-electron chi connectivity index (χ0n) is 9.12. The lowest BCUT2D eigenvalue weighted by molar-refractivity contribution is -0.120. The molecule has 14 heavy (non-hydrogen) atoms. The lowest BCUT2D eigenvalue weighted by Crippen LogP contribution is -2.49. The van der Waals surface area contributed by atoms with E-state index in [2.05, 4.69) is 17.1 Å². The van der Waals surface area contributed by atoms with Crippen molar-refractivity contribution in [2.24, 2.45) is 0 Å². The molecule has 2 aliphatic heterocycles. The first kappa shape index (κ1) is 9.97. The van der Waals surface area contributed by atoms with Crippen molar-refractivity contribution < 1.29 is 4.79 Å². The van der Waals surface area contributed by atoms with E-state index >= 15 is 0 Å². The highest BCUT2D eigenvalue weighted by Gasteiger charge is 2.39. The van der Waals surface area contributed by atoms with Gasteiger partial charge in [-0.1, -0.05) is 6.92 Å². The van der Waals surface area contributed by atoms with E-state index in [9.17, 15) is 4.79 Å². The molecule has 0 radical (unpaired) electrons. The van der Waals surface area contributed by atoms with Gasteiger partial charge in [-0.25, -0.2) is 0 Å². The Balaban J connectivity index is 1.95. The van der Waals surface area contributed by atoms with E-state index in [1.807, 2.05) is 0 Å². The molecule has 3 heteroatoms. The van der Waals surface area contributed by atoms with Crippen LogP contribution in [-0.4, -0.2) is 35.5 Å². The maximum absolute atomic E-state index is 11.0. The number of nitrogens with one attached hydrogen (secondary N) is 1. The molecule has 0 aromatic rings. The molecule has 0 saturated carbocycles. The predicted molar refractivity (Wildman–Crippen MR) is 56.0 cm³/mol. The minimum Gasteiger partial charge on any atom is -0.353 e. The number of fused-ring (bicyclic) bond motifs is 2. The third-order valence-corrected chi connectivity index (χ3v) is 3.66. The average molecular weight is 196 g/mol. The summed E-state index contributed by atoms with van der Waals surface area (Å²) in [6, 6.07) is 1.90. The molecule has 0 spiro atoms. The fourth-order valence-electron chi connectivity index (χ4n) is 3.20. The van der Waals surface area contributed by atoms with Crippen LogP contribution in [0.5, 0.6) is 0 Å². The van der Waals surface area contributed by atoms with E-state index in [1.54, 1.807) is 6.92 Å². The largest absolute Gasteiger partial charge is 0.353 e. The Morgan fingerprint density at radius 1 is 1.36 bits per heavy atom. The van der Waals surface area contributed by atoms with Gasteiger partial charge in [0, 0.05) is 25.0 Å². The van der Waals surface area contributed by atoms with Crippen molar-refractivity contribution in [3.8, 4) is 0 Å². The van der Waals surface area contributed by atoms with Crippen LogP contribution in [0, 0.1) is 0 Å². The van der Waals surface area contributed by atoms with Crippen molar-refractivity contribution >= 4 is 5.91 Å². The lowest BCUT2D eigenvalue weighted by Gasteiger charge is -2.38. The van der Waals surface area contributed by atoms with Gasteiger partial charge >= 0.3 is 0 Å². The maximum atomic E-state index is 11.0. The Morgan fingerprint density at radius 3 is 2.36 bits per heavy atom. The summed E-state index contributed by atoms with van der Waals surface area (Å²) < 4.78 is 0. The van der Waals surface area contributed by atoms with E-state index in [0.29, 0.717) is 6.04 Å². The first-order valence-corrected chi connectivity index (χ1v) is 5.73.